The smallest absolute Gasteiger partial charge is 0.0126 e. The molecular weight excluding hydrogens is 220 g/mol. The highest BCUT2D eigenvalue weighted by molar-refractivity contribution is 4.96. The zero-order valence-corrected chi connectivity index (χ0v) is 12.2. The Labute approximate surface area is 113 Å². The summed E-state index contributed by atoms with van der Waals surface area (Å²) in [6.45, 7) is 8.49. The summed E-state index contributed by atoms with van der Waals surface area (Å²) in [5.41, 5.74) is 0. The van der Waals surface area contributed by atoms with Crippen LogP contribution in [0, 0.1) is 17.8 Å². The van der Waals surface area contributed by atoms with Gasteiger partial charge in [-0.1, -0.05) is 20.3 Å². The highest BCUT2D eigenvalue weighted by Gasteiger charge is 2.42. The lowest BCUT2D eigenvalue weighted by Crippen LogP contribution is -2.45. The predicted octanol–water partition coefficient (Wildman–Crippen LogP) is 2.89. The van der Waals surface area contributed by atoms with Crippen LogP contribution in [0.2, 0.25) is 0 Å². The Balaban J connectivity index is 1.43. The van der Waals surface area contributed by atoms with Gasteiger partial charge < -0.3 is 10.2 Å². The van der Waals surface area contributed by atoms with Crippen LogP contribution in [0.25, 0.3) is 0 Å². The number of nitrogens with one attached hydrogen (secondary N) is 1. The zero-order chi connectivity index (χ0) is 12.5. The Hall–Kier alpha value is -0.0800. The van der Waals surface area contributed by atoms with Gasteiger partial charge in [0.1, 0.15) is 0 Å². The standard InChI is InChI=1S/C16H30N2/c1-12(2)17-11-13-5-7-18(8-6-13)16-10-14-3-4-15(16)9-14/h12-17H,3-11H2,1-2H3. The molecule has 1 N–H and O–H groups in total. The average Bonchev–Trinajstić information content (AvgIpc) is 2.99. The number of nitrogens with zero attached hydrogens (tertiary/aromatic N) is 1. The maximum absolute atomic E-state index is 3.61. The largest absolute Gasteiger partial charge is 0.314 e. The van der Waals surface area contributed by atoms with Crippen LogP contribution < -0.4 is 5.32 Å². The molecule has 3 atom stereocenters. The van der Waals surface area contributed by atoms with E-state index in [4.69, 9.17) is 0 Å². The fourth-order valence-corrected chi connectivity index (χ4v) is 4.55. The fourth-order valence-electron chi connectivity index (χ4n) is 4.55. The molecule has 104 valence electrons. The number of likely N-dealkylation sites (tertiary alicyclic amines) is 1. The van der Waals surface area contributed by atoms with Gasteiger partial charge in [0.05, 0.1) is 0 Å². The van der Waals surface area contributed by atoms with Crippen molar-refractivity contribution >= 4 is 0 Å². The van der Waals surface area contributed by atoms with Crippen LogP contribution in [0.15, 0.2) is 0 Å². The number of hydrogen-bond donors (Lipinski definition) is 1. The van der Waals surface area contributed by atoms with Gasteiger partial charge in [-0.15, -0.1) is 0 Å². The molecule has 2 nitrogen and oxygen atoms in total. The molecule has 0 aromatic rings. The molecule has 0 amide bonds. The monoisotopic (exact) mass is 250 g/mol. The third kappa shape index (κ3) is 2.75. The van der Waals surface area contributed by atoms with Crippen LogP contribution in [0.3, 0.4) is 0 Å². The van der Waals surface area contributed by atoms with Gasteiger partial charge in [-0.05, 0) is 69.5 Å². The van der Waals surface area contributed by atoms with E-state index in [1.807, 2.05) is 0 Å². The number of rotatable bonds is 4. The molecule has 1 saturated heterocycles. The molecule has 0 aromatic carbocycles. The van der Waals surface area contributed by atoms with E-state index >= 15 is 0 Å². The van der Waals surface area contributed by atoms with Crippen molar-refractivity contribution in [2.24, 2.45) is 17.8 Å². The summed E-state index contributed by atoms with van der Waals surface area (Å²) in [6.07, 6.45) is 9.00. The topological polar surface area (TPSA) is 15.3 Å². The molecule has 3 fully saturated rings. The molecule has 3 unspecified atom stereocenters. The van der Waals surface area contributed by atoms with Crippen LogP contribution in [-0.2, 0) is 0 Å². The van der Waals surface area contributed by atoms with E-state index in [-0.39, 0.29) is 0 Å². The molecule has 18 heavy (non-hydrogen) atoms. The lowest BCUT2D eigenvalue weighted by atomic mass is 9.90. The first-order valence-electron chi connectivity index (χ1n) is 8.20. The molecule has 0 radical (unpaired) electrons. The summed E-state index contributed by atoms with van der Waals surface area (Å²) in [4.78, 5) is 2.84. The number of hydrogen-bond acceptors (Lipinski definition) is 2. The summed E-state index contributed by atoms with van der Waals surface area (Å²) in [6, 6.07) is 1.62. The lowest BCUT2D eigenvalue weighted by molar-refractivity contribution is 0.0957. The SMILES string of the molecule is CC(C)NCC1CCN(C2CC3CCC2C3)CC1. The molecule has 2 saturated carbocycles. The molecule has 2 heteroatoms. The fraction of sp³-hybridized carbons (Fsp3) is 1.00. The van der Waals surface area contributed by atoms with E-state index in [9.17, 15) is 0 Å². The Morgan fingerprint density at radius 2 is 1.83 bits per heavy atom. The van der Waals surface area contributed by atoms with Gasteiger partial charge in [0.15, 0.2) is 0 Å². The van der Waals surface area contributed by atoms with Crippen LogP contribution in [0.1, 0.15) is 52.4 Å². The maximum atomic E-state index is 3.61. The van der Waals surface area contributed by atoms with E-state index in [2.05, 4.69) is 24.1 Å². The van der Waals surface area contributed by atoms with Crippen LogP contribution >= 0.6 is 0 Å². The molecule has 3 rings (SSSR count). The zero-order valence-electron chi connectivity index (χ0n) is 12.2. The van der Waals surface area contributed by atoms with Gasteiger partial charge >= 0.3 is 0 Å². The summed E-state index contributed by atoms with van der Waals surface area (Å²) in [5.74, 6) is 3.10. The van der Waals surface area contributed by atoms with Crippen molar-refractivity contribution in [3.8, 4) is 0 Å². The first-order valence-corrected chi connectivity index (χ1v) is 8.20. The van der Waals surface area contributed by atoms with Crippen molar-refractivity contribution in [3.63, 3.8) is 0 Å². The van der Waals surface area contributed by atoms with E-state index in [0.29, 0.717) is 6.04 Å². The Bertz CT molecular complexity index is 268. The minimum Gasteiger partial charge on any atom is -0.314 e. The normalized spacial score (nSPS) is 37.8. The van der Waals surface area contributed by atoms with E-state index in [1.54, 1.807) is 6.42 Å². The van der Waals surface area contributed by atoms with Gasteiger partial charge in [0, 0.05) is 12.1 Å². The molecule has 2 aliphatic carbocycles. The highest BCUT2D eigenvalue weighted by Crippen LogP contribution is 2.47. The quantitative estimate of drug-likeness (QED) is 0.825. The second-order valence-corrected chi connectivity index (χ2v) is 7.28. The minimum absolute atomic E-state index is 0.647. The molecule has 1 heterocycles. The van der Waals surface area contributed by atoms with Crippen molar-refractivity contribution in [2.45, 2.75) is 64.5 Å². The third-order valence-electron chi connectivity index (χ3n) is 5.63. The van der Waals surface area contributed by atoms with Gasteiger partial charge in [0.2, 0.25) is 0 Å². The Morgan fingerprint density at radius 1 is 1.06 bits per heavy atom. The number of fused-ring (bicyclic) bond motifs is 2. The van der Waals surface area contributed by atoms with Crippen LogP contribution in [0.4, 0.5) is 0 Å². The first kappa shape index (κ1) is 12.9. The third-order valence-corrected chi connectivity index (χ3v) is 5.63. The average molecular weight is 250 g/mol. The second-order valence-electron chi connectivity index (χ2n) is 7.28. The van der Waals surface area contributed by atoms with E-state index in [0.717, 1.165) is 23.8 Å². The Morgan fingerprint density at radius 3 is 2.39 bits per heavy atom. The van der Waals surface area contributed by atoms with Crippen molar-refractivity contribution in [3.05, 3.63) is 0 Å². The highest BCUT2D eigenvalue weighted by atomic mass is 15.2. The van der Waals surface area contributed by atoms with Gasteiger partial charge in [-0.2, -0.15) is 0 Å². The summed E-state index contributed by atoms with van der Waals surface area (Å²) in [5, 5.41) is 3.61. The van der Waals surface area contributed by atoms with Crippen molar-refractivity contribution < 1.29 is 0 Å². The van der Waals surface area contributed by atoms with Crippen molar-refractivity contribution in [1.29, 1.82) is 0 Å². The van der Waals surface area contributed by atoms with E-state index in [1.165, 1.54) is 51.7 Å². The molecule has 1 aliphatic heterocycles. The summed E-state index contributed by atoms with van der Waals surface area (Å²) < 4.78 is 0. The predicted molar refractivity (Wildman–Crippen MR) is 76.7 cm³/mol. The van der Waals surface area contributed by atoms with E-state index < -0.39 is 0 Å². The minimum atomic E-state index is 0.647. The van der Waals surface area contributed by atoms with Crippen LogP contribution in [0.5, 0.6) is 0 Å². The summed E-state index contributed by atoms with van der Waals surface area (Å²) in [7, 11) is 0. The second kappa shape index (κ2) is 5.50. The van der Waals surface area contributed by atoms with Gasteiger partial charge in [-0.25, -0.2) is 0 Å². The molecule has 3 aliphatic rings. The first-order chi connectivity index (χ1) is 8.72. The summed E-state index contributed by atoms with van der Waals surface area (Å²) >= 11 is 0. The van der Waals surface area contributed by atoms with Crippen molar-refractivity contribution in [2.75, 3.05) is 19.6 Å². The van der Waals surface area contributed by atoms with Gasteiger partial charge in [0.25, 0.3) is 0 Å². The molecule has 2 bridgehead atoms. The van der Waals surface area contributed by atoms with Gasteiger partial charge in [-0.3, -0.25) is 0 Å². The molecular formula is C16H30N2. The molecule has 0 spiro atoms. The lowest BCUT2D eigenvalue weighted by Gasteiger charge is -2.39. The van der Waals surface area contributed by atoms with Crippen LogP contribution in [-0.4, -0.2) is 36.6 Å². The maximum Gasteiger partial charge on any atom is 0.0126 e. The molecule has 0 aromatic heterocycles. The van der Waals surface area contributed by atoms with Crippen molar-refractivity contribution in [1.82, 2.24) is 10.2 Å². The Kier molecular flexibility index (Phi) is 3.95. The number of piperidine rings is 1.